The van der Waals surface area contributed by atoms with Crippen LogP contribution in [-0.4, -0.2) is 70.9 Å². The molecule has 12 heteroatoms. The lowest BCUT2D eigenvalue weighted by Gasteiger charge is -2.38. The van der Waals surface area contributed by atoms with E-state index >= 15 is 0 Å². The molecule has 9 rings (SSSR count). The second-order valence-electron chi connectivity index (χ2n) is 28.1. The summed E-state index contributed by atoms with van der Waals surface area (Å²) >= 11 is 0. The van der Waals surface area contributed by atoms with Crippen LogP contribution in [0.3, 0.4) is 0 Å². The molecule has 0 amide bonds. The Balaban J connectivity index is -0.00000111. The van der Waals surface area contributed by atoms with Gasteiger partial charge in [0.25, 0.3) is 0 Å². The van der Waals surface area contributed by atoms with Crippen LogP contribution in [0.5, 0.6) is 0 Å². The molecule has 12 atom stereocenters. The summed E-state index contributed by atoms with van der Waals surface area (Å²) in [5, 5.41) is 0. The van der Waals surface area contributed by atoms with E-state index in [9.17, 15) is 28.8 Å². The van der Waals surface area contributed by atoms with Gasteiger partial charge in [0.05, 0.1) is 34.0 Å². The van der Waals surface area contributed by atoms with Crippen LogP contribution >= 0.6 is 0 Å². The average Bonchev–Trinajstić information content (AvgIpc) is 4.48. The number of rotatable bonds is 16. The van der Waals surface area contributed by atoms with Gasteiger partial charge < -0.3 is 28.4 Å². The number of carbonyl (C=O) groups is 6. The number of esters is 6. The Kier molecular flexibility index (Phi) is 35.0. The number of ether oxygens (including phenoxy) is 6. The predicted molar refractivity (Wildman–Crippen MR) is 348 cm³/mol. The van der Waals surface area contributed by atoms with Crippen molar-refractivity contribution >= 4 is 35.8 Å². The summed E-state index contributed by atoms with van der Waals surface area (Å²) in [6, 6.07) is 0. The molecule has 9 saturated carbocycles. The quantitative estimate of drug-likeness (QED) is 0.107. The van der Waals surface area contributed by atoms with Crippen LogP contribution in [0.4, 0.5) is 0 Å². The van der Waals surface area contributed by atoms with Crippen molar-refractivity contribution in [2.75, 3.05) is 0 Å². The lowest BCUT2D eigenvalue weighted by molar-refractivity contribution is -0.177. The fraction of sp³-hybridized carbons (Fsp3) is 0.917. The van der Waals surface area contributed by atoms with Gasteiger partial charge in [0.1, 0.15) is 35.1 Å². The highest BCUT2D eigenvalue weighted by molar-refractivity contribution is 5.79. The maximum Gasteiger partial charge on any atom is 0.311 e. The molecular formula is C72H138O12. The van der Waals surface area contributed by atoms with E-state index in [2.05, 4.69) is 20.8 Å². The summed E-state index contributed by atoms with van der Waals surface area (Å²) in [6.45, 7) is 23.9. The Morgan fingerprint density at radius 1 is 0.357 bits per heavy atom. The van der Waals surface area contributed by atoms with Crippen LogP contribution in [0, 0.1) is 69.5 Å². The molecule has 84 heavy (non-hydrogen) atoms. The molecule has 498 valence electrons. The molecule has 12 nitrogen and oxygen atoms in total. The van der Waals surface area contributed by atoms with E-state index in [1.807, 2.05) is 62.3 Å². The van der Waals surface area contributed by atoms with Crippen molar-refractivity contribution in [2.45, 2.75) is 358 Å². The third-order valence-electron chi connectivity index (χ3n) is 21.2. The Hall–Kier alpha value is -3.18. The van der Waals surface area contributed by atoms with Crippen LogP contribution in [-0.2, 0) is 57.2 Å². The van der Waals surface area contributed by atoms with Crippen molar-refractivity contribution in [2.24, 2.45) is 69.5 Å². The number of carbonyl (C=O) groups excluding carboxylic acids is 6. The molecule has 12 unspecified atom stereocenters. The van der Waals surface area contributed by atoms with Gasteiger partial charge in [-0.2, -0.15) is 0 Å². The summed E-state index contributed by atoms with van der Waals surface area (Å²) < 4.78 is 35.6. The number of fused-ring (bicyclic) bond motifs is 6. The fourth-order valence-electron chi connectivity index (χ4n) is 14.7. The first-order valence-corrected chi connectivity index (χ1v) is 30.6. The molecule has 0 aliphatic heterocycles. The first-order valence-electron chi connectivity index (χ1n) is 30.6. The highest BCUT2D eigenvalue weighted by Gasteiger charge is 2.56. The second kappa shape index (κ2) is 34.5. The molecule has 0 radical (unpaired) electrons. The van der Waals surface area contributed by atoms with Crippen LogP contribution in [0.15, 0.2) is 0 Å². The topological polar surface area (TPSA) is 158 Å². The summed E-state index contributed by atoms with van der Waals surface area (Å²) in [4.78, 5) is 75.8. The average molecular weight is 1200 g/mol. The molecule has 0 aromatic heterocycles. The van der Waals surface area contributed by atoms with Crippen molar-refractivity contribution in [3.63, 3.8) is 0 Å². The van der Waals surface area contributed by atoms with Gasteiger partial charge in [-0.15, -0.1) is 0 Å². The van der Waals surface area contributed by atoms with Crippen LogP contribution in [0.25, 0.3) is 0 Å². The molecule has 0 saturated heterocycles. The zero-order valence-corrected chi connectivity index (χ0v) is 48.9. The van der Waals surface area contributed by atoms with Crippen molar-refractivity contribution in [1.82, 2.24) is 0 Å². The molecule has 0 aromatic carbocycles. The molecule has 6 bridgehead atoms. The Morgan fingerprint density at radius 3 is 0.857 bits per heavy atom. The summed E-state index contributed by atoms with van der Waals surface area (Å²) in [7, 11) is 0. The van der Waals surface area contributed by atoms with E-state index in [-0.39, 0.29) is 173 Å². The van der Waals surface area contributed by atoms with E-state index in [0.29, 0.717) is 17.8 Å². The molecular weight excluding hydrogens is 1060 g/mol. The predicted octanol–water partition coefficient (Wildman–Crippen LogP) is 19.7. The molecule has 0 heterocycles. The molecule has 0 spiro atoms. The minimum atomic E-state index is -0.452. The Bertz CT molecular complexity index is 2000. The van der Waals surface area contributed by atoms with E-state index in [0.717, 1.165) is 161 Å². The standard InChI is InChI=1S/C22H36O4.C21H34O4.C20H32O4.9CH4/c1-5-21(3,4)20(24)25-18-14-15-12-16(18)17(13-15)19(23)26-22(6-2)10-8-7-9-11-22;1-5-20(2,3)19(23)24-17-13-14-11-15(17)16(12-14)18(22)25-21(4)9-7-6-8-10-21;1-5-19(2,3)18(22)23-16-12-13-10-14(16)15(11-13)17(21)24-20(4)8-6-7-9-20;;;;;;;;;/h15-18H,5-14H2,1-4H3;14-17H,5-13H2,1-4H3;13-16H,5-12H2,1-4H3;9*1H4. The second-order valence-corrected chi connectivity index (χ2v) is 28.1. The molecule has 0 aromatic rings. The fourth-order valence-corrected chi connectivity index (χ4v) is 14.7. The van der Waals surface area contributed by atoms with Gasteiger partial charge in [0.15, 0.2) is 0 Å². The van der Waals surface area contributed by atoms with Crippen LogP contribution in [0.2, 0.25) is 0 Å². The normalized spacial score (nSPS) is 30.1. The largest absolute Gasteiger partial charge is 0.462 e. The molecule has 9 aliphatic rings. The maximum atomic E-state index is 13.0. The van der Waals surface area contributed by atoms with Gasteiger partial charge in [-0.3, -0.25) is 28.8 Å². The zero-order chi connectivity index (χ0) is 54.7. The van der Waals surface area contributed by atoms with Crippen molar-refractivity contribution in [3.8, 4) is 0 Å². The summed E-state index contributed by atoms with van der Waals surface area (Å²) in [5.41, 5.74) is -2.15. The SMILES string of the molecule is C.C.C.C.C.C.C.C.C.CCC(C)(C)C(=O)OC1CC2CC(C(=O)OC3(C)CCCC3)C1C2.CCC(C)(C)C(=O)OC1CC2CC(C(=O)OC3(C)CCCCC3)C1C2.CCC1(OC(=O)C2CC3CC(OC(=O)C(C)(C)CC)C2C3)CCCCC1. The van der Waals surface area contributed by atoms with Gasteiger partial charge in [0, 0.05) is 17.8 Å². The highest BCUT2D eigenvalue weighted by Crippen LogP contribution is 2.54. The van der Waals surface area contributed by atoms with Gasteiger partial charge in [-0.1, -0.05) is 107 Å². The number of hydrogen-bond donors (Lipinski definition) is 0. The van der Waals surface area contributed by atoms with Gasteiger partial charge in [0.2, 0.25) is 0 Å². The summed E-state index contributed by atoms with van der Waals surface area (Å²) in [5.74, 6) is 1.22. The third-order valence-corrected chi connectivity index (χ3v) is 21.2. The van der Waals surface area contributed by atoms with E-state index in [1.54, 1.807) is 0 Å². The Morgan fingerprint density at radius 2 is 0.607 bits per heavy atom. The highest BCUT2D eigenvalue weighted by atomic mass is 16.6. The smallest absolute Gasteiger partial charge is 0.311 e. The van der Waals surface area contributed by atoms with E-state index < -0.39 is 16.2 Å². The maximum absolute atomic E-state index is 13.0. The van der Waals surface area contributed by atoms with E-state index in [1.165, 1.54) is 12.8 Å². The third kappa shape index (κ3) is 19.9. The van der Waals surface area contributed by atoms with Crippen molar-refractivity contribution in [1.29, 1.82) is 0 Å². The summed E-state index contributed by atoms with van der Waals surface area (Å²) in [6.07, 6.45) is 26.6. The van der Waals surface area contributed by atoms with Gasteiger partial charge in [-0.25, -0.2) is 0 Å². The minimum absolute atomic E-state index is 0. The molecule has 9 fully saturated rings. The van der Waals surface area contributed by atoms with Crippen molar-refractivity contribution < 1.29 is 57.2 Å². The minimum Gasteiger partial charge on any atom is -0.462 e. The molecule has 9 aliphatic carbocycles. The van der Waals surface area contributed by atoms with E-state index in [4.69, 9.17) is 28.4 Å². The first kappa shape index (κ1) is 85.0. The lowest BCUT2D eigenvalue weighted by Crippen LogP contribution is -2.42. The van der Waals surface area contributed by atoms with Crippen LogP contribution in [0.1, 0.15) is 323 Å². The molecule has 0 N–H and O–H groups in total. The Labute approximate surface area is 518 Å². The zero-order valence-electron chi connectivity index (χ0n) is 48.9. The first-order chi connectivity index (χ1) is 35.3. The van der Waals surface area contributed by atoms with Gasteiger partial charge >= 0.3 is 35.8 Å². The monoisotopic (exact) mass is 1200 g/mol. The van der Waals surface area contributed by atoms with Crippen molar-refractivity contribution in [3.05, 3.63) is 0 Å². The number of hydrogen-bond acceptors (Lipinski definition) is 12. The van der Waals surface area contributed by atoms with Gasteiger partial charge in [-0.05, 0) is 234 Å². The van der Waals surface area contributed by atoms with Crippen LogP contribution < -0.4 is 0 Å². The lowest BCUT2D eigenvalue weighted by atomic mass is 9.81.